The molecule has 0 radical (unpaired) electrons. The van der Waals surface area contributed by atoms with Gasteiger partial charge < -0.3 is 4.90 Å². The lowest BCUT2D eigenvalue weighted by Gasteiger charge is -2.29. The number of aryl methyl sites for hydroxylation is 1. The van der Waals surface area contributed by atoms with E-state index in [9.17, 15) is 4.39 Å². The highest BCUT2D eigenvalue weighted by Crippen LogP contribution is 2.31. The molecule has 1 atom stereocenters. The molecule has 1 aliphatic rings. The van der Waals surface area contributed by atoms with Gasteiger partial charge in [0.05, 0.1) is 6.54 Å². The predicted octanol–water partition coefficient (Wildman–Crippen LogP) is 4.14. The zero-order valence-electron chi connectivity index (χ0n) is 12.2. The van der Waals surface area contributed by atoms with Crippen LogP contribution >= 0.6 is 0 Å². The van der Waals surface area contributed by atoms with Crippen LogP contribution in [0.3, 0.4) is 0 Å². The van der Waals surface area contributed by atoms with Gasteiger partial charge in [-0.1, -0.05) is 6.58 Å². The highest BCUT2D eigenvalue weighted by molar-refractivity contribution is 5.72. The third-order valence-electron chi connectivity index (χ3n) is 3.67. The number of aromatic nitrogens is 1. The first-order valence-corrected chi connectivity index (χ1v) is 6.96. The monoisotopic (exact) mass is 262 g/mol. The minimum Gasteiger partial charge on any atom is -0.353 e. The zero-order chi connectivity index (χ0) is 14.0. The molecule has 1 unspecified atom stereocenters. The standard InChI is InChI=1S/C16H23FN2/c1-12(2)14-8-7-13(3)18-15(14)19-10-6-5-9-16(4,17)11-19/h7-8H,1,5-6,9-11H2,2-4H3. The largest absolute Gasteiger partial charge is 0.353 e. The maximum atomic E-state index is 14.4. The molecule has 3 heteroatoms. The Morgan fingerprint density at radius 3 is 2.84 bits per heavy atom. The summed E-state index contributed by atoms with van der Waals surface area (Å²) in [6, 6.07) is 4.03. The minimum absolute atomic E-state index is 0.420. The molecule has 2 nitrogen and oxygen atoms in total. The van der Waals surface area contributed by atoms with Gasteiger partial charge in [0.15, 0.2) is 0 Å². The van der Waals surface area contributed by atoms with E-state index in [-0.39, 0.29) is 0 Å². The Morgan fingerprint density at radius 2 is 2.16 bits per heavy atom. The van der Waals surface area contributed by atoms with Crippen LogP contribution in [0.4, 0.5) is 10.2 Å². The van der Waals surface area contributed by atoms with Crippen molar-refractivity contribution in [2.24, 2.45) is 0 Å². The molecule has 0 bridgehead atoms. The lowest BCUT2D eigenvalue weighted by atomic mass is 10.0. The summed E-state index contributed by atoms with van der Waals surface area (Å²) >= 11 is 0. The number of hydrogen-bond acceptors (Lipinski definition) is 2. The van der Waals surface area contributed by atoms with E-state index >= 15 is 0 Å². The van der Waals surface area contributed by atoms with Gasteiger partial charge in [-0.3, -0.25) is 0 Å². The number of allylic oxidation sites excluding steroid dienone is 1. The van der Waals surface area contributed by atoms with Gasteiger partial charge in [-0.25, -0.2) is 9.37 Å². The van der Waals surface area contributed by atoms with Gasteiger partial charge in [0, 0.05) is 17.8 Å². The molecule has 2 heterocycles. The molecule has 0 aromatic carbocycles. The van der Waals surface area contributed by atoms with E-state index in [0.717, 1.165) is 42.0 Å². The van der Waals surface area contributed by atoms with Crippen LogP contribution in [0.25, 0.3) is 5.57 Å². The van der Waals surface area contributed by atoms with Crippen molar-refractivity contribution in [1.29, 1.82) is 0 Å². The van der Waals surface area contributed by atoms with Crippen molar-refractivity contribution in [1.82, 2.24) is 4.98 Å². The quantitative estimate of drug-likeness (QED) is 0.796. The first-order chi connectivity index (χ1) is 8.89. The number of hydrogen-bond donors (Lipinski definition) is 0. The van der Waals surface area contributed by atoms with E-state index in [2.05, 4.69) is 16.5 Å². The Hall–Kier alpha value is -1.38. The second-order valence-electron chi connectivity index (χ2n) is 5.90. The summed E-state index contributed by atoms with van der Waals surface area (Å²) in [6.07, 6.45) is 2.60. The lowest BCUT2D eigenvalue weighted by Crippen LogP contribution is -2.37. The molecule has 0 saturated carbocycles. The van der Waals surface area contributed by atoms with Crippen LogP contribution in [0.5, 0.6) is 0 Å². The van der Waals surface area contributed by atoms with Gasteiger partial charge >= 0.3 is 0 Å². The summed E-state index contributed by atoms with van der Waals surface area (Å²) in [6.45, 7) is 10.9. The number of pyridine rings is 1. The van der Waals surface area contributed by atoms with Crippen LogP contribution in [0.15, 0.2) is 18.7 Å². The highest BCUT2D eigenvalue weighted by Gasteiger charge is 2.30. The fourth-order valence-corrected chi connectivity index (χ4v) is 2.65. The third kappa shape index (κ3) is 3.34. The number of nitrogens with zero attached hydrogens (tertiary/aromatic N) is 2. The first-order valence-electron chi connectivity index (χ1n) is 6.96. The van der Waals surface area contributed by atoms with E-state index < -0.39 is 5.67 Å². The van der Waals surface area contributed by atoms with E-state index in [1.54, 1.807) is 6.92 Å². The van der Waals surface area contributed by atoms with Crippen LogP contribution < -0.4 is 4.90 Å². The summed E-state index contributed by atoms with van der Waals surface area (Å²) in [4.78, 5) is 6.71. The normalized spacial score (nSPS) is 24.1. The maximum absolute atomic E-state index is 14.4. The van der Waals surface area contributed by atoms with Crippen LogP contribution in [-0.2, 0) is 0 Å². The average Bonchev–Trinajstić information content (AvgIpc) is 2.49. The Bertz CT molecular complexity index is 480. The molecular formula is C16H23FN2. The molecule has 19 heavy (non-hydrogen) atoms. The van der Waals surface area contributed by atoms with Crippen LogP contribution in [0.1, 0.15) is 44.4 Å². The topological polar surface area (TPSA) is 16.1 Å². The SMILES string of the molecule is C=C(C)c1ccc(C)nc1N1CCCCC(C)(F)C1. The molecule has 1 aromatic heterocycles. The number of rotatable bonds is 2. The van der Waals surface area contributed by atoms with E-state index in [4.69, 9.17) is 0 Å². The van der Waals surface area contributed by atoms with Crippen molar-refractivity contribution in [2.75, 3.05) is 18.0 Å². The smallest absolute Gasteiger partial charge is 0.136 e. The van der Waals surface area contributed by atoms with Crippen LogP contribution in [-0.4, -0.2) is 23.7 Å². The molecule has 0 aliphatic carbocycles. The van der Waals surface area contributed by atoms with Crippen molar-refractivity contribution in [3.05, 3.63) is 30.0 Å². The summed E-state index contributed by atoms with van der Waals surface area (Å²) in [5.74, 6) is 0.887. The third-order valence-corrected chi connectivity index (χ3v) is 3.67. The van der Waals surface area contributed by atoms with Gasteiger partial charge in [0.25, 0.3) is 0 Å². The number of halogens is 1. The summed E-state index contributed by atoms with van der Waals surface area (Å²) in [5.41, 5.74) is 1.84. The van der Waals surface area contributed by atoms with Gasteiger partial charge in [0.2, 0.25) is 0 Å². The lowest BCUT2D eigenvalue weighted by molar-refractivity contribution is 0.187. The summed E-state index contributed by atoms with van der Waals surface area (Å²) in [7, 11) is 0. The molecule has 1 aromatic rings. The van der Waals surface area contributed by atoms with Crippen molar-refractivity contribution < 1.29 is 4.39 Å². The van der Waals surface area contributed by atoms with E-state index in [1.807, 2.05) is 26.0 Å². The summed E-state index contributed by atoms with van der Waals surface area (Å²) < 4.78 is 14.4. The number of anilines is 1. The van der Waals surface area contributed by atoms with Gasteiger partial charge in [0.1, 0.15) is 11.5 Å². The maximum Gasteiger partial charge on any atom is 0.136 e. The molecule has 0 amide bonds. The first kappa shape index (κ1) is 14.0. The molecular weight excluding hydrogens is 239 g/mol. The number of alkyl halides is 1. The van der Waals surface area contributed by atoms with Gasteiger partial charge in [-0.05, 0) is 57.7 Å². The van der Waals surface area contributed by atoms with Crippen molar-refractivity contribution >= 4 is 11.4 Å². The van der Waals surface area contributed by atoms with Crippen molar-refractivity contribution in [2.45, 2.75) is 45.7 Å². The molecule has 2 rings (SSSR count). The Balaban J connectivity index is 2.39. The second-order valence-corrected chi connectivity index (χ2v) is 5.90. The molecule has 0 spiro atoms. The highest BCUT2D eigenvalue weighted by atomic mass is 19.1. The zero-order valence-corrected chi connectivity index (χ0v) is 12.2. The molecule has 1 aliphatic heterocycles. The Kier molecular flexibility index (Phi) is 3.93. The second kappa shape index (κ2) is 5.32. The predicted molar refractivity (Wildman–Crippen MR) is 79.3 cm³/mol. The van der Waals surface area contributed by atoms with Crippen molar-refractivity contribution in [3.8, 4) is 0 Å². The minimum atomic E-state index is -1.13. The van der Waals surface area contributed by atoms with Gasteiger partial charge in [-0.15, -0.1) is 0 Å². The fraction of sp³-hybridized carbons (Fsp3) is 0.562. The van der Waals surface area contributed by atoms with Gasteiger partial charge in [-0.2, -0.15) is 0 Å². The molecule has 1 fully saturated rings. The van der Waals surface area contributed by atoms with Crippen molar-refractivity contribution in [3.63, 3.8) is 0 Å². The van der Waals surface area contributed by atoms with Crippen LogP contribution in [0.2, 0.25) is 0 Å². The fourth-order valence-electron chi connectivity index (χ4n) is 2.65. The average molecular weight is 262 g/mol. The molecule has 104 valence electrons. The Labute approximate surface area is 115 Å². The molecule has 1 saturated heterocycles. The summed E-state index contributed by atoms with van der Waals surface area (Å²) in [5, 5.41) is 0. The van der Waals surface area contributed by atoms with E-state index in [1.165, 1.54) is 0 Å². The molecule has 0 N–H and O–H groups in total. The van der Waals surface area contributed by atoms with E-state index in [0.29, 0.717) is 13.0 Å². The Morgan fingerprint density at radius 1 is 1.42 bits per heavy atom. The van der Waals surface area contributed by atoms with Crippen LogP contribution in [0, 0.1) is 6.92 Å².